The number of benzene rings is 3. The lowest BCUT2D eigenvalue weighted by Gasteiger charge is -2.08. The smallest absolute Gasteiger partial charge is 0.155 e. The van der Waals surface area contributed by atoms with Crippen LogP contribution in [0.1, 0.15) is 0 Å². The van der Waals surface area contributed by atoms with Crippen molar-refractivity contribution in [3.63, 3.8) is 0 Å². The summed E-state index contributed by atoms with van der Waals surface area (Å²) < 4.78 is 4.67. The summed E-state index contributed by atoms with van der Waals surface area (Å²) in [6.07, 6.45) is 1.90. The highest BCUT2D eigenvalue weighted by Crippen LogP contribution is 2.40. The molecule has 0 aliphatic rings. The van der Waals surface area contributed by atoms with Crippen LogP contribution in [0.15, 0.2) is 79.0 Å². The number of aromatic nitrogens is 2. The lowest BCUT2D eigenvalue weighted by atomic mass is 10.2. The van der Waals surface area contributed by atoms with Gasteiger partial charge >= 0.3 is 0 Å². The molecule has 0 saturated carbocycles. The highest BCUT2D eigenvalue weighted by molar-refractivity contribution is 7.26. The van der Waals surface area contributed by atoms with Crippen LogP contribution in [0.25, 0.3) is 47.8 Å². The summed E-state index contributed by atoms with van der Waals surface area (Å²) in [5.41, 5.74) is 2.14. The van der Waals surface area contributed by atoms with Crippen LogP contribution in [0.4, 0.5) is 0 Å². The van der Waals surface area contributed by atoms with Crippen molar-refractivity contribution in [2.75, 3.05) is 0 Å². The van der Waals surface area contributed by atoms with Crippen LogP contribution >= 0.6 is 22.9 Å². The molecule has 4 heteroatoms. The lowest BCUT2D eigenvalue weighted by Crippen LogP contribution is -1.97. The molecule has 0 amide bonds. The SMILES string of the molecule is Clc1cccc2c3ccccc3n(-c3nccc4c3sc3ccccc34)c12. The number of para-hydroxylation sites is 2. The van der Waals surface area contributed by atoms with E-state index in [1.165, 1.54) is 25.6 Å². The van der Waals surface area contributed by atoms with Crippen molar-refractivity contribution in [1.29, 1.82) is 0 Å². The molecule has 0 radical (unpaired) electrons. The third-order valence-electron chi connectivity index (χ3n) is 5.13. The van der Waals surface area contributed by atoms with E-state index >= 15 is 0 Å². The maximum atomic E-state index is 6.67. The van der Waals surface area contributed by atoms with Gasteiger partial charge < -0.3 is 0 Å². The number of pyridine rings is 1. The summed E-state index contributed by atoms with van der Waals surface area (Å²) in [5.74, 6) is 0.938. The van der Waals surface area contributed by atoms with Gasteiger partial charge in [0.2, 0.25) is 0 Å². The third kappa shape index (κ3) is 2.04. The van der Waals surface area contributed by atoms with Crippen molar-refractivity contribution in [3.05, 3.63) is 84.0 Å². The molecular formula is C23H13ClN2S. The number of hydrogen-bond acceptors (Lipinski definition) is 2. The molecule has 2 nitrogen and oxygen atoms in total. The van der Waals surface area contributed by atoms with Crippen molar-refractivity contribution < 1.29 is 0 Å². The van der Waals surface area contributed by atoms with E-state index < -0.39 is 0 Å². The average Bonchev–Trinajstić information content (AvgIpc) is 3.25. The molecule has 0 atom stereocenters. The first-order valence-electron chi connectivity index (χ1n) is 8.77. The number of halogens is 1. The molecule has 0 fully saturated rings. The van der Waals surface area contributed by atoms with Gasteiger partial charge in [0, 0.05) is 32.4 Å². The van der Waals surface area contributed by atoms with E-state index in [0.717, 1.165) is 27.3 Å². The number of rotatable bonds is 1. The van der Waals surface area contributed by atoms with Gasteiger partial charge in [-0.25, -0.2) is 4.98 Å². The Morgan fingerprint density at radius 3 is 2.44 bits per heavy atom. The Kier molecular flexibility index (Phi) is 3.13. The van der Waals surface area contributed by atoms with Crippen LogP contribution in [0.5, 0.6) is 0 Å². The fourth-order valence-corrected chi connectivity index (χ4v) is 5.43. The van der Waals surface area contributed by atoms with Gasteiger partial charge in [-0.15, -0.1) is 11.3 Å². The standard InChI is InChI=1S/C23H13ClN2S/c24-18-9-5-8-16-14-6-1-3-10-19(14)26(21(16)18)23-22-17(12-13-25-23)15-7-2-4-11-20(15)27-22/h1-13H. The molecule has 0 saturated heterocycles. The van der Waals surface area contributed by atoms with E-state index in [1.807, 2.05) is 18.3 Å². The molecule has 0 aliphatic heterocycles. The van der Waals surface area contributed by atoms with Crippen LogP contribution in [0.2, 0.25) is 5.02 Å². The fourth-order valence-electron chi connectivity index (χ4n) is 3.99. The van der Waals surface area contributed by atoms with E-state index in [9.17, 15) is 0 Å². The summed E-state index contributed by atoms with van der Waals surface area (Å²) in [6.45, 7) is 0. The number of nitrogens with zero attached hydrogens (tertiary/aromatic N) is 2. The Balaban J connectivity index is 1.86. The van der Waals surface area contributed by atoms with E-state index in [1.54, 1.807) is 11.3 Å². The molecule has 6 rings (SSSR count). The normalized spacial score (nSPS) is 11.9. The minimum atomic E-state index is 0.739. The highest BCUT2D eigenvalue weighted by atomic mass is 35.5. The second-order valence-electron chi connectivity index (χ2n) is 6.60. The van der Waals surface area contributed by atoms with Crippen LogP contribution in [-0.2, 0) is 0 Å². The molecular weight excluding hydrogens is 372 g/mol. The quantitative estimate of drug-likeness (QED) is 0.293. The van der Waals surface area contributed by atoms with Crippen molar-refractivity contribution >= 4 is 64.9 Å². The molecule has 0 aliphatic carbocycles. The molecule has 27 heavy (non-hydrogen) atoms. The predicted molar refractivity (Wildman–Crippen MR) is 116 cm³/mol. The molecule has 0 N–H and O–H groups in total. The first-order valence-corrected chi connectivity index (χ1v) is 9.97. The second-order valence-corrected chi connectivity index (χ2v) is 8.06. The molecule has 0 bridgehead atoms. The molecule has 3 aromatic carbocycles. The number of fused-ring (bicyclic) bond motifs is 6. The van der Waals surface area contributed by atoms with E-state index in [0.29, 0.717) is 0 Å². The van der Waals surface area contributed by atoms with Gasteiger partial charge in [0.25, 0.3) is 0 Å². The zero-order chi connectivity index (χ0) is 18.0. The zero-order valence-electron chi connectivity index (χ0n) is 14.2. The van der Waals surface area contributed by atoms with Crippen LogP contribution in [0, 0.1) is 0 Å². The first-order chi connectivity index (χ1) is 13.3. The highest BCUT2D eigenvalue weighted by Gasteiger charge is 2.18. The Bertz CT molecular complexity index is 1490. The van der Waals surface area contributed by atoms with E-state index in [2.05, 4.69) is 65.2 Å². The fraction of sp³-hybridized carbons (Fsp3) is 0. The minimum absolute atomic E-state index is 0.739. The first kappa shape index (κ1) is 15.2. The average molecular weight is 385 g/mol. The van der Waals surface area contributed by atoms with Crippen molar-refractivity contribution in [1.82, 2.24) is 9.55 Å². The zero-order valence-corrected chi connectivity index (χ0v) is 15.8. The topological polar surface area (TPSA) is 17.8 Å². The Morgan fingerprint density at radius 2 is 1.52 bits per heavy atom. The van der Waals surface area contributed by atoms with Gasteiger partial charge in [-0.3, -0.25) is 4.57 Å². The maximum absolute atomic E-state index is 6.67. The van der Waals surface area contributed by atoms with E-state index in [4.69, 9.17) is 16.6 Å². The monoisotopic (exact) mass is 384 g/mol. The van der Waals surface area contributed by atoms with Gasteiger partial charge in [-0.1, -0.05) is 60.1 Å². The lowest BCUT2D eigenvalue weighted by molar-refractivity contribution is 1.11. The summed E-state index contributed by atoms with van der Waals surface area (Å²) in [6, 6.07) is 25.1. The largest absolute Gasteiger partial charge is 0.291 e. The predicted octanol–water partition coefficient (Wildman–Crippen LogP) is 7.20. The van der Waals surface area contributed by atoms with Gasteiger partial charge in [-0.05, 0) is 24.3 Å². The second kappa shape index (κ2) is 5.56. The van der Waals surface area contributed by atoms with Gasteiger partial charge in [-0.2, -0.15) is 0 Å². The Morgan fingerprint density at radius 1 is 0.741 bits per heavy atom. The van der Waals surface area contributed by atoms with Crippen LogP contribution in [-0.4, -0.2) is 9.55 Å². The molecule has 128 valence electrons. The van der Waals surface area contributed by atoms with Crippen molar-refractivity contribution in [3.8, 4) is 5.82 Å². The Hall–Kier alpha value is -2.88. The maximum Gasteiger partial charge on any atom is 0.155 e. The summed E-state index contributed by atoms with van der Waals surface area (Å²) >= 11 is 8.45. The van der Waals surface area contributed by atoms with Gasteiger partial charge in [0.15, 0.2) is 5.82 Å². The molecule has 6 aromatic rings. The van der Waals surface area contributed by atoms with Gasteiger partial charge in [0.05, 0.1) is 20.8 Å². The van der Waals surface area contributed by atoms with Crippen LogP contribution in [0.3, 0.4) is 0 Å². The van der Waals surface area contributed by atoms with Crippen molar-refractivity contribution in [2.45, 2.75) is 0 Å². The van der Waals surface area contributed by atoms with E-state index in [-0.39, 0.29) is 0 Å². The summed E-state index contributed by atoms with van der Waals surface area (Å²) in [5, 5.41) is 5.59. The minimum Gasteiger partial charge on any atom is -0.291 e. The molecule has 0 spiro atoms. The third-order valence-corrected chi connectivity index (χ3v) is 6.62. The number of thiophene rings is 1. The van der Waals surface area contributed by atoms with Crippen molar-refractivity contribution in [2.24, 2.45) is 0 Å². The summed E-state index contributed by atoms with van der Waals surface area (Å²) in [4.78, 5) is 4.80. The molecule has 3 aromatic heterocycles. The molecule has 3 heterocycles. The molecule has 0 unspecified atom stereocenters. The Labute approximate surface area is 164 Å². The van der Waals surface area contributed by atoms with Crippen LogP contribution < -0.4 is 0 Å². The number of hydrogen-bond donors (Lipinski definition) is 0. The summed E-state index contributed by atoms with van der Waals surface area (Å²) in [7, 11) is 0. The van der Waals surface area contributed by atoms with Gasteiger partial charge in [0.1, 0.15) is 0 Å².